The number of nitrogens with zero attached hydrogens (tertiary/aromatic N) is 1. The monoisotopic (exact) mass is 241 g/mol. The standard InChI is InChI=1S/C13H23NO3/c1-10(2)13(16)8-14(9-13)12(15)6-5-11-4-3-7-17-11/h10-11,16H,3-9H2,1-2H3. The Hall–Kier alpha value is -0.610. The third kappa shape index (κ3) is 2.80. The van der Waals surface area contributed by atoms with E-state index in [4.69, 9.17) is 4.74 Å². The van der Waals surface area contributed by atoms with E-state index in [-0.39, 0.29) is 17.9 Å². The summed E-state index contributed by atoms with van der Waals surface area (Å²) in [6.07, 6.45) is 3.87. The van der Waals surface area contributed by atoms with Crippen LogP contribution in [0.25, 0.3) is 0 Å². The Labute approximate surface area is 103 Å². The van der Waals surface area contributed by atoms with Gasteiger partial charge in [-0.15, -0.1) is 0 Å². The van der Waals surface area contributed by atoms with E-state index in [9.17, 15) is 9.90 Å². The molecular weight excluding hydrogens is 218 g/mol. The molecule has 0 aliphatic carbocycles. The minimum Gasteiger partial charge on any atom is -0.386 e. The Morgan fingerprint density at radius 3 is 2.76 bits per heavy atom. The molecule has 0 aromatic carbocycles. The fraction of sp³-hybridized carbons (Fsp3) is 0.923. The van der Waals surface area contributed by atoms with Crippen LogP contribution in [-0.4, -0.2) is 47.3 Å². The molecule has 4 heteroatoms. The minimum absolute atomic E-state index is 0.158. The molecule has 0 aromatic heterocycles. The van der Waals surface area contributed by atoms with Crippen molar-refractivity contribution in [2.24, 2.45) is 5.92 Å². The Morgan fingerprint density at radius 2 is 2.24 bits per heavy atom. The van der Waals surface area contributed by atoms with Gasteiger partial charge in [0.15, 0.2) is 0 Å². The number of carbonyl (C=O) groups excluding carboxylic acids is 1. The summed E-state index contributed by atoms with van der Waals surface area (Å²) in [5.74, 6) is 0.371. The van der Waals surface area contributed by atoms with Crippen LogP contribution in [0.5, 0.6) is 0 Å². The SMILES string of the molecule is CC(C)C1(O)CN(C(=O)CCC2CCCO2)C1. The Balaban J connectivity index is 1.68. The van der Waals surface area contributed by atoms with Crippen LogP contribution in [0.15, 0.2) is 0 Å². The number of aliphatic hydroxyl groups is 1. The summed E-state index contributed by atoms with van der Waals surface area (Å²) in [5.41, 5.74) is -0.653. The van der Waals surface area contributed by atoms with Gasteiger partial charge in [0, 0.05) is 13.0 Å². The van der Waals surface area contributed by atoms with Crippen LogP contribution in [0.3, 0.4) is 0 Å². The topological polar surface area (TPSA) is 49.8 Å². The van der Waals surface area contributed by atoms with Crippen LogP contribution in [0.1, 0.15) is 39.5 Å². The van der Waals surface area contributed by atoms with Gasteiger partial charge in [-0.3, -0.25) is 4.79 Å². The molecule has 2 aliphatic rings. The van der Waals surface area contributed by atoms with Crippen LogP contribution < -0.4 is 0 Å². The zero-order valence-corrected chi connectivity index (χ0v) is 10.8. The molecule has 0 radical (unpaired) electrons. The first-order chi connectivity index (χ1) is 8.01. The first-order valence-electron chi connectivity index (χ1n) is 6.63. The summed E-state index contributed by atoms with van der Waals surface area (Å²) in [5, 5.41) is 10.1. The number of β-amino-alcohol motifs (C(OH)–C–C–N with tert-alkyl or cyclic N) is 1. The molecular formula is C13H23NO3. The average molecular weight is 241 g/mol. The minimum atomic E-state index is -0.653. The van der Waals surface area contributed by atoms with Gasteiger partial charge in [-0.05, 0) is 25.2 Å². The van der Waals surface area contributed by atoms with Crippen molar-refractivity contribution in [2.75, 3.05) is 19.7 Å². The van der Waals surface area contributed by atoms with E-state index in [1.807, 2.05) is 13.8 Å². The highest BCUT2D eigenvalue weighted by Gasteiger charge is 2.45. The van der Waals surface area contributed by atoms with Gasteiger partial charge >= 0.3 is 0 Å². The second-order valence-corrected chi connectivity index (χ2v) is 5.68. The Bertz CT molecular complexity index is 278. The molecule has 1 atom stereocenters. The van der Waals surface area contributed by atoms with E-state index in [1.54, 1.807) is 4.90 Å². The number of rotatable bonds is 4. The van der Waals surface area contributed by atoms with E-state index in [0.717, 1.165) is 25.9 Å². The van der Waals surface area contributed by atoms with Gasteiger partial charge < -0.3 is 14.7 Å². The highest BCUT2D eigenvalue weighted by Crippen LogP contribution is 2.29. The molecule has 1 unspecified atom stereocenters. The summed E-state index contributed by atoms with van der Waals surface area (Å²) in [6, 6.07) is 0. The quantitative estimate of drug-likeness (QED) is 0.804. The largest absolute Gasteiger partial charge is 0.386 e. The molecule has 2 fully saturated rings. The lowest BCUT2D eigenvalue weighted by atomic mass is 9.83. The molecule has 98 valence electrons. The summed E-state index contributed by atoms with van der Waals surface area (Å²) >= 11 is 0. The Kier molecular flexibility index (Phi) is 3.73. The fourth-order valence-electron chi connectivity index (χ4n) is 2.47. The van der Waals surface area contributed by atoms with Crippen molar-refractivity contribution in [1.29, 1.82) is 0 Å². The maximum atomic E-state index is 11.9. The molecule has 2 aliphatic heterocycles. The lowest BCUT2D eigenvalue weighted by Crippen LogP contribution is -2.65. The number of likely N-dealkylation sites (tertiary alicyclic amines) is 1. The van der Waals surface area contributed by atoms with Crippen LogP contribution in [-0.2, 0) is 9.53 Å². The first kappa shape index (κ1) is 12.8. The second-order valence-electron chi connectivity index (χ2n) is 5.68. The fourth-order valence-corrected chi connectivity index (χ4v) is 2.47. The van der Waals surface area contributed by atoms with Gasteiger partial charge in [-0.1, -0.05) is 13.8 Å². The van der Waals surface area contributed by atoms with E-state index in [2.05, 4.69) is 0 Å². The van der Waals surface area contributed by atoms with Crippen LogP contribution in [0.2, 0.25) is 0 Å². The van der Waals surface area contributed by atoms with Crippen molar-refractivity contribution >= 4 is 5.91 Å². The van der Waals surface area contributed by atoms with Gasteiger partial charge in [-0.25, -0.2) is 0 Å². The summed E-state index contributed by atoms with van der Waals surface area (Å²) in [4.78, 5) is 13.6. The average Bonchev–Trinajstić information content (AvgIpc) is 2.73. The number of amides is 1. The van der Waals surface area contributed by atoms with E-state index < -0.39 is 5.60 Å². The molecule has 2 saturated heterocycles. The molecule has 1 N–H and O–H groups in total. The second kappa shape index (κ2) is 4.94. The van der Waals surface area contributed by atoms with Crippen molar-refractivity contribution in [3.8, 4) is 0 Å². The maximum Gasteiger partial charge on any atom is 0.222 e. The van der Waals surface area contributed by atoms with Gasteiger partial charge in [-0.2, -0.15) is 0 Å². The smallest absolute Gasteiger partial charge is 0.222 e. The van der Waals surface area contributed by atoms with Gasteiger partial charge in [0.05, 0.1) is 19.2 Å². The predicted octanol–water partition coefficient (Wildman–Crippen LogP) is 1.17. The maximum absolute atomic E-state index is 11.9. The number of hydrogen-bond donors (Lipinski definition) is 1. The Morgan fingerprint density at radius 1 is 1.53 bits per heavy atom. The van der Waals surface area contributed by atoms with E-state index in [0.29, 0.717) is 19.5 Å². The van der Waals surface area contributed by atoms with Crippen molar-refractivity contribution in [2.45, 2.75) is 51.2 Å². The summed E-state index contributed by atoms with van der Waals surface area (Å²) in [7, 11) is 0. The van der Waals surface area contributed by atoms with Crippen molar-refractivity contribution in [3.05, 3.63) is 0 Å². The van der Waals surface area contributed by atoms with Crippen LogP contribution in [0.4, 0.5) is 0 Å². The molecule has 2 heterocycles. The number of carbonyl (C=O) groups is 1. The summed E-state index contributed by atoms with van der Waals surface area (Å²) < 4.78 is 5.49. The van der Waals surface area contributed by atoms with Crippen molar-refractivity contribution in [3.63, 3.8) is 0 Å². The molecule has 0 bridgehead atoms. The lowest BCUT2D eigenvalue weighted by molar-refractivity contribution is -0.164. The molecule has 17 heavy (non-hydrogen) atoms. The third-order valence-corrected chi connectivity index (χ3v) is 4.06. The van der Waals surface area contributed by atoms with E-state index >= 15 is 0 Å². The normalized spacial score (nSPS) is 27.3. The zero-order chi connectivity index (χ0) is 12.5. The number of ether oxygens (including phenoxy) is 1. The highest BCUT2D eigenvalue weighted by molar-refractivity contribution is 5.77. The molecule has 0 spiro atoms. The van der Waals surface area contributed by atoms with Gasteiger partial charge in [0.25, 0.3) is 0 Å². The first-order valence-corrected chi connectivity index (χ1v) is 6.63. The van der Waals surface area contributed by atoms with Crippen molar-refractivity contribution < 1.29 is 14.6 Å². The van der Waals surface area contributed by atoms with Gasteiger partial charge in [0.1, 0.15) is 5.60 Å². The van der Waals surface area contributed by atoms with Gasteiger partial charge in [0.2, 0.25) is 5.91 Å². The van der Waals surface area contributed by atoms with Crippen LogP contribution in [0, 0.1) is 5.92 Å². The lowest BCUT2D eigenvalue weighted by Gasteiger charge is -2.49. The molecule has 0 saturated carbocycles. The third-order valence-electron chi connectivity index (χ3n) is 4.06. The van der Waals surface area contributed by atoms with Crippen LogP contribution >= 0.6 is 0 Å². The highest BCUT2D eigenvalue weighted by atomic mass is 16.5. The molecule has 0 aromatic rings. The molecule has 4 nitrogen and oxygen atoms in total. The molecule has 1 amide bonds. The molecule has 2 rings (SSSR count). The predicted molar refractivity (Wildman–Crippen MR) is 64.6 cm³/mol. The van der Waals surface area contributed by atoms with Crippen molar-refractivity contribution in [1.82, 2.24) is 4.90 Å². The summed E-state index contributed by atoms with van der Waals surface area (Å²) in [6.45, 7) is 5.82. The van der Waals surface area contributed by atoms with E-state index in [1.165, 1.54) is 0 Å². The zero-order valence-electron chi connectivity index (χ0n) is 10.8. The number of hydrogen-bond acceptors (Lipinski definition) is 3.